The van der Waals surface area contributed by atoms with E-state index in [1.807, 2.05) is 12.1 Å². The maximum absolute atomic E-state index is 12.3. The number of nitrogens with zero attached hydrogens (tertiary/aromatic N) is 1. The Labute approximate surface area is 118 Å². The molecule has 1 aliphatic carbocycles. The summed E-state index contributed by atoms with van der Waals surface area (Å²) < 4.78 is 13.0. The van der Waals surface area contributed by atoms with Gasteiger partial charge in [-0.1, -0.05) is 15.9 Å². The van der Waals surface area contributed by atoms with Crippen molar-refractivity contribution < 1.29 is 14.1 Å². The van der Waals surface area contributed by atoms with Crippen molar-refractivity contribution in [3.63, 3.8) is 0 Å². The van der Waals surface area contributed by atoms with Crippen LogP contribution in [0.25, 0.3) is 0 Å². The normalized spacial score (nSPS) is 19.3. The molecule has 1 spiro atoms. The van der Waals surface area contributed by atoms with E-state index in [9.17, 15) is 14.1 Å². The molecule has 0 unspecified atom stereocenters. The first-order valence-corrected chi connectivity index (χ1v) is 6.84. The molecule has 2 aliphatic rings. The summed E-state index contributed by atoms with van der Waals surface area (Å²) in [4.78, 5) is 24.9. The highest BCUT2D eigenvalue weighted by molar-refractivity contribution is 9.10. The summed E-state index contributed by atoms with van der Waals surface area (Å²) in [5.41, 5.74) is 2.70. The Hall–Kier alpha value is -1.43. The van der Waals surface area contributed by atoms with Crippen LogP contribution in [0.15, 0.2) is 22.7 Å². The Kier molecular flexibility index (Phi) is 2.85. The molecule has 0 radical (unpaired) electrons. The van der Waals surface area contributed by atoms with Crippen molar-refractivity contribution >= 4 is 27.7 Å². The molecule has 1 N–H and O–H groups in total. The third-order valence-corrected chi connectivity index (χ3v) is 4.35. The van der Waals surface area contributed by atoms with Crippen molar-refractivity contribution in [1.29, 1.82) is 0 Å². The smallest absolute Gasteiger partial charge is 0.267 e. The molecule has 2 amide bonds. The third kappa shape index (κ3) is 2.04. The largest absolute Gasteiger partial charge is 0.328 e. The lowest BCUT2D eigenvalue weighted by atomic mass is 9.86. The summed E-state index contributed by atoms with van der Waals surface area (Å²) in [6, 6.07) is 5.56. The average Bonchev–Trinajstić information content (AvgIpc) is 3.16. The standard InChI is InChI=1S/C13H12BrFN2O2/c14-8-1-2-9-10(5-8)13(3-4-13)7-17(12(9)19)6-11(18)16-15/h1-2,5H,3-4,6-7H2,(H,16,18). The number of carbonyl (C=O) groups excluding carboxylic acids is 2. The van der Waals surface area contributed by atoms with Crippen molar-refractivity contribution in [2.75, 3.05) is 13.1 Å². The van der Waals surface area contributed by atoms with Crippen LogP contribution in [0.4, 0.5) is 4.48 Å². The van der Waals surface area contributed by atoms with E-state index < -0.39 is 5.91 Å². The monoisotopic (exact) mass is 326 g/mol. The molecule has 1 aromatic rings. The third-order valence-electron chi connectivity index (χ3n) is 3.86. The van der Waals surface area contributed by atoms with E-state index in [1.54, 1.807) is 6.07 Å². The highest BCUT2D eigenvalue weighted by Gasteiger charge is 2.51. The minimum atomic E-state index is -0.787. The van der Waals surface area contributed by atoms with Crippen LogP contribution in [0, 0.1) is 0 Å². The average molecular weight is 327 g/mol. The van der Waals surface area contributed by atoms with Gasteiger partial charge in [-0.25, -0.2) is 0 Å². The fraction of sp³-hybridized carbons (Fsp3) is 0.385. The van der Waals surface area contributed by atoms with Gasteiger partial charge in [0.1, 0.15) is 6.54 Å². The molecule has 19 heavy (non-hydrogen) atoms. The van der Waals surface area contributed by atoms with E-state index in [-0.39, 0.29) is 17.9 Å². The van der Waals surface area contributed by atoms with E-state index in [4.69, 9.17) is 0 Å². The fourth-order valence-corrected chi connectivity index (χ4v) is 3.10. The van der Waals surface area contributed by atoms with Gasteiger partial charge in [-0.3, -0.25) is 9.59 Å². The van der Waals surface area contributed by atoms with E-state index in [0.29, 0.717) is 12.1 Å². The maximum Gasteiger partial charge on any atom is 0.267 e. The molecular formula is C13H12BrFN2O2. The van der Waals surface area contributed by atoms with Gasteiger partial charge in [0.15, 0.2) is 0 Å². The van der Waals surface area contributed by atoms with Crippen molar-refractivity contribution in [3.8, 4) is 0 Å². The topological polar surface area (TPSA) is 49.4 Å². The van der Waals surface area contributed by atoms with Crippen molar-refractivity contribution in [2.45, 2.75) is 18.3 Å². The van der Waals surface area contributed by atoms with E-state index in [2.05, 4.69) is 15.9 Å². The van der Waals surface area contributed by atoms with Crippen LogP contribution in [0.1, 0.15) is 28.8 Å². The molecule has 100 valence electrons. The molecule has 0 atom stereocenters. The van der Waals surface area contributed by atoms with E-state index in [1.165, 1.54) is 4.90 Å². The van der Waals surface area contributed by atoms with Gasteiger partial charge in [-0.2, -0.15) is 5.54 Å². The minimum Gasteiger partial charge on any atom is -0.328 e. The van der Waals surface area contributed by atoms with Crippen LogP contribution >= 0.6 is 15.9 Å². The van der Waals surface area contributed by atoms with Crippen molar-refractivity contribution in [2.24, 2.45) is 0 Å². The van der Waals surface area contributed by atoms with Crippen molar-refractivity contribution in [3.05, 3.63) is 33.8 Å². The molecule has 1 heterocycles. The minimum absolute atomic E-state index is 0.0381. The first kappa shape index (κ1) is 12.6. The van der Waals surface area contributed by atoms with Crippen LogP contribution in [0.3, 0.4) is 0 Å². The number of hydrogen-bond donors (Lipinski definition) is 1. The number of halogens is 2. The molecule has 1 fully saturated rings. The number of fused-ring (bicyclic) bond motifs is 2. The summed E-state index contributed by atoms with van der Waals surface area (Å²) in [6.07, 6.45) is 1.99. The number of carbonyl (C=O) groups is 2. The second kappa shape index (κ2) is 4.30. The molecule has 0 aromatic heterocycles. The zero-order valence-corrected chi connectivity index (χ0v) is 11.7. The molecule has 4 nitrogen and oxygen atoms in total. The summed E-state index contributed by atoms with van der Waals surface area (Å²) in [5.74, 6) is -0.992. The van der Waals surface area contributed by atoms with Crippen LogP contribution in [0.2, 0.25) is 0 Å². The Balaban J connectivity index is 1.97. The molecule has 6 heteroatoms. The fourth-order valence-electron chi connectivity index (χ4n) is 2.74. The summed E-state index contributed by atoms with van der Waals surface area (Å²) in [7, 11) is 0. The highest BCUT2D eigenvalue weighted by Crippen LogP contribution is 2.52. The predicted molar refractivity (Wildman–Crippen MR) is 70.2 cm³/mol. The van der Waals surface area contributed by atoms with Crippen LogP contribution < -0.4 is 5.54 Å². The molecule has 0 saturated heterocycles. The second-order valence-corrected chi connectivity index (χ2v) is 6.06. The molecular weight excluding hydrogens is 315 g/mol. The lowest BCUT2D eigenvalue weighted by Gasteiger charge is -2.34. The molecule has 1 aliphatic heterocycles. The first-order chi connectivity index (χ1) is 9.05. The van der Waals surface area contributed by atoms with Crippen molar-refractivity contribution in [1.82, 2.24) is 10.4 Å². The summed E-state index contributed by atoms with van der Waals surface area (Å²) in [6.45, 7) is 0.259. The Morgan fingerprint density at radius 2 is 2.21 bits per heavy atom. The van der Waals surface area contributed by atoms with Gasteiger partial charge in [0, 0.05) is 22.0 Å². The molecule has 1 saturated carbocycles. The number of amides is 2. The zero-order chi connectivity index (χ0) is 13.6. The van der Waals surface area contributed by atoms with E-state index in [0.717, 1.165) is 28.4 Å². The van der Waals surface area contributed by atoms with Gasteiger partial charge < -0.3 is 4.90 Å². The SMILES string of the molecule is O=C(CN1CC2(CC2)c2cc(Br)ccc2C1=O)NF. The first-order valence-electron chi connectivity index (χ1n) is 6.04. The highest BCUT2D eigenvalue weighted by atomic mass is 79.9. The second-order valence-electron chi connectivity index (χ2n) is 5.15. The molecule has 1 aromatic carbocycles. The molecule has 3 rings (SSSR count). The maximum atomic E-state index is 12.3. The van der Waals surface area contributed by atoms with Gasteiger partial charge in [0.25, 0.3) is 11.8 Å². The van der Waals surface area contributed by atoms with Gasteiger partial charge in [0.05, 0.1) is 0 Å². The van der Waals surface area contributed by atoms with E-state index >= 15 is 0 Å². The molecule has 0 bridgehead atoms. The lowest BCUT2D eigenvalue weighted by molar-refractivity contribution is -0.126. The number of nitrogens with one attached hydrogen (secondary N) is 1. The Morgan fingerprint density at radius 3 is 2.84 bits per heavy atom. The van der Waals surface area contributed by atoms with Gasteiger partial charge in [-0.05, 0) is 36.6 Å². The summed E-state index contributed by atoms with van der Waals surface area (Å²) in [5, 5.41) is 0. The quantitative estimate of drug-likeness (QED) is 0.844. The van der Waals surface area contributed by atoms with Crippen LogP contribution in [-0.4, -0.2) is 29.8 Å². The van der Waals surface area contributed by atoms with Crippen LogP contribution in [-0.2, 0) is 10.2 Å². The van der Waals surface area contributed by atoms with Gasteiger partial charge >= 0.3 is 0 Å². The van der Waals surface area contributed by atoms with Gasteiger partial charge in [-0.15, -0.1) is 4.48 Å². The predicted octanol–water partition coefficient (Wildman–Crippen LogP) is 1.94. The lowest BCUT2D eigenvalue weighted by Crippen LogP contribution is -2.47. The Bertz CT molecular complexity index is 572. The zero-order valence-electron chi connectivity index (χ0n) is 10.1. The number of benzene rings is 1. The number of hydrogen-bond acceptors (Lipinski definition) is 2. The van der Waals surface area contributed by atoms with Gasteiger partial charge in [0.2, 0.25) is 0 Å². The van der Waals surface area contributed by atoms with Crippen LogP contribution in [0.5, 0.6) is 0 Å². The number of rotatable bonds is 2. The summed E-state index contributed by atoms with van der Waals surface area (Å²) >= 11 is 3.42. The Morgan fingerprint density at radius 1 is 1.47 bits per heavy atom.